The van der Waals surface area contributed by atoms with Crippen LogP contribution in [0.5, 0.6) is 0 Å². The van der Waals surface area contributed by atoms with Crippen molar-refractivity contribution in [2.24, 2.45) is 5.92 Å². The Labute approximate surface area is 121 Å². The van der Waals surface area contributed by atoms with Crippen LogP contribution >= 0.6 is 15.9 Å². The summed E-state index contributed by atoms with van der Waals surface area (Å²) in [6.45, 7) is 4.58. The summed E-state index contributed by atoms with van der Waals surface area (Å²) in [7, 11) is 1.44. The molecule has 19 heavy (non-hydrogen) atoms. The molecule has 1 saturated carbocycles. The van der Waals surface area contributed by atoms with Gasteiger partial charge in [0.25, 0.3) is 0 Å². The van der Waals surface area contributed by atoms with Crippen LogP contribution in [0.1, 0.15) is 26.7 Å². The van der Waals surface area contributed by atoms with Gasteiger partial charge in [-0.25, -0.2) is 4.79 Å². The Kier molecular flexibility index (Phi) is 4.30. The van der Waals surface area contributed by atoms with Crippen molar-refractivity contribution in [1.29, 1.82) is 0 Å². The number of nitrogens with one attached hydrogen (secondary N) is 1. The fraction of sp³-hybridized carbons (Fsp3) is 0.692. The van der Waals surface area contributed by atoms with E-state index < -0.39 is 5.54 Å². The molecule has 5 nitrogen and oxygen atoms in total. The Morgan fingerprint density at radius 3 is 2.79 bits per heavy atom. The maximum atomic E-state index is 12.3. The van der Waals surface area contributed by atoms with Crippen molar-refractivity contribution in [1.82, 2.24) is 15.1 Å². The first kappa shape index (κ1) is 14.5. The number of aromatic nitrogens is 2. The molecular formula is C13H20BrN3O2. The fourth-order valence-corrected chi connectivity index (χ4v) is 2.86. The van der Waals surface area contributed by atoms with Crippen LogP contribution in [0.4, 0.5) is 0 Å². The number of hydrogen-bond donors (Lipinski definition) is 1. The number of esters is 1. The fourth-order valence-electron chi connectivity index (χ4n) is 2.54. The zero-order chi connectivity index (χ0) is 14.0. The molecule has 0 aliphatic heterocycles. The first-order valence-corrected chi connectivity index (χ1v) is 7.31. The monoisotopic (exact) mass is 329 g/mol. The molecule has 1 aromatic rings. The molecule has 0 amide bonds. The smallest absolute Gasteiger partial charge is 0.328 e. The van der Waals surface area contributed by atoms with Gasteiger partial charge in [0.2, 0.25) is 0 Å². The molecule has 1 unspecified atom stereocenters. The molecule has 1 aromatic heterocycles. The maximum absolute atomic E-state index is 12.3. The van der Waals surface area contributed by atoms with Crippen LogP contribution in [0.2, 0.25) is 0 Å². The Morgan fingerprint density at radius 1 is 1.68 bits per heavy atom. The predicted molar refractivity (Wildman–Crippen MR) is 75.7 cm³/mol. The zero-order valence-electron chi connectivity index (χ0n) is 11.5. The van der Waals surface area contributed by atoms with Crippen LogP contribution < -0.4 is 5.32 Å². The minimum atomic E-state index is -0.672. The standard InChI is InChI=1S/C13H20BrN3O2/c1-9(2)16-13(10-4-5-10,12(18)19-3)8-17-7-11(14)6-15-17/h6-7,9-10,16H,4-5,8H2,1-3H3. The average Bonchev–Trinajstić information content (AvgIpc) is 3.12. The van der Waals surface area contributed by atoms with Crippen LogP contribution in [0.3, 0.4) is 0 Å². The minimum absolute atomic E-state index is 0.199. The number of halogens is 1. The van der Waals surface area contributed by atoms with Crippen molar-refractivity contribution in [3.05, 3.63) is 16.9 Å². The highest BCUT2D eigenvalue weighted by atomic mass is 79.9. The second kappa shape index (κ2) is 5.63. The van der Waals surface area contributed by atoms with Gasteiger partial charge in [0.05, 0.1) is 24.3 Å². The Hall–Kier alpha value is -0.880. The molecule has 1 aliphatic carbocycles. The molecular weight excluding hydrogens is 310 g/mol. The molecule has 6 heteroatoms. The average molecular weight is 330 g/mol. The van der Waals surface area contributed by atoms with Crippen LogP contribution in [0.15, 0.2) is 16.9 Å². The lowest BCUT2D eigenvalue weighted by Crippen LogP contribution is -2.59. The van der Waals surface area contributed by atoms with Crippen LogP contribution in [0, 0.1) is 5.92 Å². The molecule has 106 valence electrons. The summed E-state index contributed by atoms with van der Waals surface area (Å²) in [5.74, 6) is 0.126. The van der Waals surface area contributed by atoms with E-state index in [0.717, 1.165) is 17.3 Å². The number of rotatable bonds is 6. The van der Waals surface area contributed by atoms with Crippen molar-refractivity contribution >= 4 is 21.9 Å². The summed E-state index contributed by atoms with van der Waals surface area (Å²) in [6.07, 6.45) is 5.71. The lowest BCUT2D eigenvalue weighted by molar-refractivity contribution is -0.151. The number of carbonyl (C=O) groups is 1. The highest BCUT2D eigenvalue weighted by molar-refractivity contribution is 9.10. The lowest BCUT2D eigenvalue weighted by Gasteiger charge is -2.34. The molecule has 1 fully saturated rings. The van der Waals surface area contributed by atoms with E-state index in [-0.39, 0.29) is 12.0 Å². The van der Waals surface area contributed by atoms with Crippen molar-refractivity contribution in [3.63, 3.8) is 0 Å². The highest BCUT2D eigenvalue weighted by Gasteiger charge is 2.52. The third-order valence-corrected chi connectivity index (χ3v) is 3.79. The van der Waals surface area contributed by atoms with Gasteiger partial charge in [0.1, 0.15) is 5.54 Å². The predicted octanol–water partition coefficient (Wildman–Crippen LogP) is 1.97. The molecule has 0 bridgehead atoms. The van der Waals surface area contributed by atoms with Crippen LogP contribution in [-0.4, -0.2) is 34.4 Å². The molecule has 1 heterocycles. The molecule has 1 N–H and O–H groups in total. The second-order valence-corrected chi connectivity index (χ2v) is 6.31. The van der Waals surface area contributed by atoms with E-state index in [2.05, 4.69) is 26.3 Å². The van der Waals surface area contributed by atoms with E-state index >= 15 is 0 Å². The second-order valence-electron chi connectivity index (χ2n) is 5.39. The normalized spacial score (nSPS) is 18.4. The van der Waals surface area contributed by atoms with Gasteiger partial charge < -0.3 is 4.74 Å². The zero-order valence-corrected chi connectivity index (χ0v) is 13.1. The van der Waals surface area contributed by atoms with E-state index in [1.54, 1.807) is 10.9 Å². The Balaban J connectivity index is 2.28. The quantitative estimate of drug-likeness (QED) is 0.810. The molecule has 1 atom stereocenters. The summed E-state index contributed by atoms with van der Waals surface area (Å²) < 4.78 is 7.74. The summed E-state index contributed by atoms with van der Waals surface area (Å²) in [5, 5.41) is 7.67. The van der Waals surface area contributed by atoms with Gasteiger partial charge in [0.15, 0.2) is 0 Å². The molecule has 2 rings (SSSR count). The summed E-state index contributed by atoms with van der Waals surface area (Å²) >= 11 is 3.38. The first-order valence-electron chi connectivity index (χ1n) is 6.52. The van der Waals surface area contributed by atoms with Crippen LogP contribution in [-0.2, 0) is 16.1 Å². The molecule has 0 radical (unpaired) electrons. The van der Waals surface area contributed by atoms with E-state index in [1.165, 1.54) is 7.11 Å². The molecule has 0 aromatic carbocycles. The molecule has 0 spiro atoms. The van der Waals surface area contributed by atoms with E-state index in [1.807, 2.05) is 20.0 Å². The minimum Gasteiger partial charge on any atom is -0.468 e. The van der Waals surface area contributed by atoms with Crippen LogP contribution in [0.25, 0.3) is 0 Å². The Bertz CT molecular complexity index is 456. The number of ether oxygens (including phenoxy) is 1. The van der Waals surface area contributed by atoms with Crippen molar-refractivity contribution in [3.8, 4) is 0 Å². The van der Waals surface area contributed by atoms with Gasteiger partial charge in [0, 0.05) is 12.2 Å². The number of carbonyl (C=O) groups excluding carboxylic acids is 1. The van der Waals surface area contributed by atoms with Gasteiger partial charge in [-0.15, -0.1) is 0 Å². The highest BCUT2D eigenvalue weighted by Crippen LogP contribution is 2.41. The summed E-state index contributed by atoms with van der Waals surface area (Å²) in [6, 6.07) is 0.207. The van der Waals surface area contributed by atoms with E-state index in [0.29, 0.717) is 12.5 Å². The van der Waals surface area contributed by atoms with E-state index in [4.69, 9.17) is 4.74 Å². The van der Waals surface area contributed by atoms with Gasteiger partial charge in [-0.05, 0) is 48.5 Å². The third-order valence-electron chi connectivity index (χ3n) is 3.38. The van der Waals surface area contributed by atoms with Gasteiger partial charge >= 0.3 is 5.97 Å². The SMILES string of the molecule is COC(=O)C(Cn1cc(Br)cn1)(NC(C)C)C1CC1. The summed E-state index contributed by atoms with van der Waals surface area (Å²) in [4.78, 5) is 12.3. The molecule has 0 saturated heterocycles. The van der Waals surface area contributed by atoms with Gasteiger partial charge in [-0.2, -0.15) is 5.10 Å². The number of hydrogen-bond acceptors (Lipinski definition) is 4. The van der Waals surface area contributed by atoms with Crippen molar-refractivity contribution in [2.45, 2.75) is 44.8 Å². The molecule has 1 aliphatic rings. The topological polar surface area (TPSA) is 56.2 Å². The first-order chi connectivity index (χ1) is 8.98. The van der Waals surface area contributed by atoms with Crippen molar-refractivity contribution in [2.75, 3.05) is 7.11 Å². The Morgan fingerprint density at radius 2 is 2.37 bits per heavy atom. The lowest BCUT2D eigenvalue weighted by atomic mass is 9.92. The van der Waals surface area contributed by atoms with E-state index in [9.17, 15) is 4.79 Å². The number of nitrogens with zero attached hydrogens (tertiary/aromatic N) is 2. The van der Waals surface area contributed by atoms with Crippen molar-refractivity contribution < 1.29 is 9.53 Å². The third kappa shape index (κ3) is 3.17. The maximum Gasteiger partial charge on any atom is 0.328 e. The number of methoxy groups -OCH3 is 1. The van der Waals surface area contributed by atoms with Gasteiger partial charge in [-0.1, -0.05) is 0 Å². The summed E-state index contributed by atoms with van der Waals surface area (Å²) in [5.41, 5.74) is -0.672. The van der Waals surface area contributed by atoms with Gasteiger partial charge in [-0.3, -0.25) is 10.00 Å². The largest absolute Gasteiger partial charge is 0.468 e.